The summed E-state index contributed by atoms with van der Waals surface area (Å²) >= 11 is 0. The fourth-order valence-electron chi connectivity index (χ4n) is 4.79. The van der Waals surface area contributed by atoms with Crippen LogP contribution in [0.3, 0.4) is 0 Å². The van der Waals surface area contributed by atoms with Crippen LogP contribution in [0.25, 0.3) is 0 Å². The maximum atomic E-state index is 13.8. The van der Waals surface area contributed by atoms with E-state index in [0.29, 0.717) is 29.4 Å². The third kappa shape index (κ3) is 6.64. The van der Waals surface area contributed by atoms with Crippen molar-refractivity contribution < 1.29 is 26.8 Å². The maximum absolute atomic E-state index is 13.8. The number of aromatic nitrogens is 3. The van der Waals surface area contributed by atoms with Crippen molar-refractivity contribution in [3.63, 3.8) is 0 Å². The van der Waals surface area contributed by atoms with Crippen LogP contribution in [0.4, 0.5) is 26.0 Å². The van der Waals surface area contributed by atoms with Gasteiger partial charge in [0.1, 0.15) is 11.6 Å². The first-order valence-corrected chi connectivity index (χ1v) is 15.1. The van der Waals surface area contributed by atoms with E-state index in [-0.39, 0.29) is 36.6 Å². The van der Waals surface area contributed by atoms with E-state index < -0.39 is 38.4 Å². The summed E-state index contributed by atoms with van der Waals surface area (Å²) in [7, 11) is 1.59. The molecule has 0 fully saturated rings. The van der Waals surface area contributed by atoms with Gasteiger partial charge in [-0.3, -0.25) is 14.7 Å². The minimum Gasteiger partial charge on any atom is -0.373 e. The smallest absolute Gasteiger partial charge is 0.258 e. The van der Waals surface area contributed by atoms with Gasteiger partial charge in [-0.2, -0.15) is 9.40 Å². The van der Waals surface area contributed by atoms with Crippen LogP contribution >= 0.6 is 0 Å². The first-order valence-electron chi connectivity index (χ1n) is 13.7. The number of carbonyl (C=O) groups is 2. The summed E-state index contributed by atoms with van der Waals surface area (Å²) in [4.78, 5) is 32.9. The van der Waals surface area contributed by atoms with Crippen LogP contribution in [0.2, 0.25) is 0 Å². The van der Waals surface area contributed by atoms with Gasteiger partial charge >= 0.3 is 0 Å². The molecule has 15 heteroatoms. The second kappa shape index (κ2) is 12.6. The Labute approximate surface area is 253 Å². The SMILES string of the molecule is CN(C)CCN(C)c1ccc(C(=O)Nc2n[nH]c3c2CN(S(=O)(=O)c2cc(F)cc(F)c2)CC3)c(NC(=O)c2cc[nH]c2)c1. The molecule has 44 heavy (non-hydrogen) atoms. The van der Waals surface area contributed by atoms with Gasteiger partial charge in [0.15, 0.2) is 5.82 Å². The standard InChI is InChI=1S/C29H32F2N8O4S/c1-37(2)10-11-38(3)21-4-5-23(26(15-21)33-28(40)18-6-8-32-16-18)29(41)34-27-24-17-39(9-7-25(24)35-36-27)44(42,43)22-13-19(30)12-20(31)14-22/h4-6,8,12-16,32H,7,9-11,17H2,1-3H3,(H,33,40)(H2,34,35,36,41). The fraction of sp³-hybridized carbons (Fsp3) is 0.276. The molecule has 232 valence electrons. The topological polar surface area (TPSA) is 147 Å². The van der Waals surface area contributed by atoms with Gasteiger partial charge in [0, 0.05) is 75.1 Å². The number of halogens is 2. The molecule has 0 aliphatic carbocycles. The van der Waals surface area contributed by atoms with Crippen molar-refractivity contribution in [2.45, 2.75) is 17.9 Å². The Kier molecular flexibility index (Phi) is 8.80. The number of anilines is 3. The summed E-state index contributed by atoms with van der Waals surface area (Å²) in [5.41, 5.74) is 2.62. The number of benzene rings is 2. The highest BCUT2D eigenvalue weighted by Gasteiger charge is 2.32. The normalized spacial score (nSPS) is 13.5. The highest BCUT2D eigenvalue weighted by atomic mass is 32.2. The van der Waals surface area contributed by atoms with Crippen LogP contribution in [0, 0.1) is 11.6 Å². The number of hydrogen-bond acceptors (Lipinski definition) is 7. The Morgan fingerprint density at radius 2 is 1.75 bits per heavy atom. The van der Waals surface area contributed by atoms with Gasteiger partial charge < -0.3 is 25.4 Å². The Morgan fingerprint density at radius 1 is 1.00 bits per heavy atom. The second-order valence-electron chi connectivity index (χ2n) is 10.7. The first kappa shape index (κ1) is 30.8. The zero-order chi connectivity index (χ0) is 31.6. The molecule has 0 saturated heterocycles. The number of rotatable bonds is 10. The van der Waals surface area contributed by atoms with Crippen LogP contribution < -0.4 is 15.5 Å². The molecule has 1 aliphatic heterocycles. The molecule has 2 aromatic heterocycles. The average Bonchev–Trinajstić information content (AvgIpc) is 3.66. The van der Waals surface area contributed by atoms with Crippen LogP contribution in [-0.4, -0.2) is 85.4 Å². The first-order chi connectivity index (χ1) is 20.9. The van der Waals surface area contributed by atoms with Crippen LogP contribution in [0.15, 0.2) is 59.8 Å². The number of likely N-dealkylation sites (N-methyl/N-ethyl adjacent to an activating group) is 2. The van der Waals surface area contributed by atoms with Gasteiger partial charge in [0.25, 0.3) is 11.8 Å². The molecule has 0 spiro atoms. The van der Waals surface area contributed by atoms with Crippen molar-refractivity contribution in [1.29, 1.82) is 0 Å². The Morgan fingerprint density at radius 3 is 2.43 bits per heavy atom. The van der Waals surface area contributed by atoms with Crippen LogP contribution in [-0.2, 0) is 23.0 Å². The van der Waals surface area contributed by atoms with Crippen LogP contribution in [0.5, 0.6) is 0 Å². The van der Waals surface area contributed by atoms with Gasteiger partial charge in [-0.15, -0.1) is 0 Å². The number of H-pyrrole nitrogens is 2. The molecule has 3 heterocycles. The predicted octanol–water partition coefficient (Wildman–Crippen LogP) is 3.27. The minimum absolute atomic E-state index is 0.0428. The van der Waals surface area contributed by atoms with E-state index in [1.54, 1.807) is 30.5 Å². The van der Waals surface area contributed by atoms with Crippen molar-refractivity contribution in [2.24, 2.45) is 0 Å². The quantitative estimate of drug-likeness (QED) is 0.211. The Bertz CT molecular complexity index is 1770. The lowest BCUT2D eigenvalue weighted by atomic mass is 10.1. The van der Waals surface area contributed by atoms with E-state index in [1.165, 1.54) is 6.20 Å². The summed E-state index contributed by atoms with van der Waals surface area (Å²) in [6.45, 7) is 1.34. The Hall–Kier alpha value is -4.60. The molecule has 0 atom stereocenters. The summed E-state index contributed by atoms with van der Waals surface area (Å²) in [6, 6.07) is 8.80. The molecule has 1 aliphatic rings. The lowest BCUT2D eigenvalue weighted by Crippen LogP contribution is -2.36. The van der Waals surface area contributed by atoms with E-state index in [0.717, 1.165) is 28.7 Å². The Balaban J connectivity index is 1.40. The van der Waals surface area contributed by atoms with E-state index >= 15 is 0 Å². The average molecular weight is 627 g/mol. The van der Waals surface area contributed by atoms with Gasteiger partial charge in [-0.1, -0.05) is 0 Å². The van der Waals surface area contributed by atoms with Gasteiger partial charge in [-0.05, 0) is 50.5 Å². The van der Waals surface area contributed by atoms with Crippen molar-refractivity contribution in [2.75, 3.05) is 56.3 Å². The molecule has 0 bridgehead atoms. The maximum Gasteiger partial charge on any atom is 0.258 e. The summed E-state index contributed by atoms with van der Waals surface area (Å²) in [5.74, 6) is -2.91. The van der Waals surface area contributed by atoms with Crippen molar-refractivity contribution in [3.8, 4) is 0 Å². The van der Waals surface area contributed by atoms with E-state index in [4.69, 9.17) is 0 Å². The number of sulfonamides is 1. The van der Waals surface area contributed by atoms with Crippen molar-refractivity contribution in [3.05, 3.63) is 88.9 Å². The van der Waals surface area contributed by atoms with Crippen molar-refractivity contribution in [1.82, 2.24) is 24.4 Å². The van der Waals surface area contributed by atoms with Crippen molar-refractivity contribution >= 4 is 39.0 Å². The summed E-state index contributed by atoms with van der Waals surface area (Å²) in [6.07, 6.45) is 3.39. The zero-order valence-corrected chi connectivity index (χ0v) is 25.1. The minimum atomic E-state index is -4.25. The largest absolute Gasteiger partial charge is 0.373 e. The highest BCUT2D eigenvalue weighted by Crippen LogP contribution is 2.30. The highest BCUT2D eigenvalue weighted by molar-refractivity contribution is 7.89. The van der Waals surface area contributed by atoms with E-state index in [1.807, 2.05) is 30.9 Å². The predicted molar refractivity (Wildman–Crippen MR) is 161 cm³/mol. The number of carbonyl (C=O) groups excluding carboxylic acids is 2. The third-order valence-corrected chi connectivity index (χ3v) is 9.11. The van der Waals surface area contributed by atoms with E-state index in [9.17, 15) is 26.8 Å². The zero-order valence-electron chi connectivity index (χ0n) is 24.3. The number of hydrogen-bond donors (Lipinski definition) is 4. The molecular formula is C29H32F2N8O4S. The molecule has 0 unspecified atom stereocenters. The molecule has 0 radical (unpaired) electrons. The third-order valence-electron chi connectivity index (χ3n) is 7.28. The number of aromatic amines is 2. The number of amides is 2. The monoisotopic (exact) mass is 626 g/mol. The number of nitrogens with zero attached hydrogens (tertiary/aromatic N) is 4. The number of fused-ring (bicyclic) bond motifs is 1. The molecule has 4 N–H and O–H groups in total. The van der Waals surface area contributed by atoms with E-state index in [2.05, 4.69) is 25.8 Å². The molecule has 2 amide bonds. The fourth-order valence-corrected chi connectivity index (χ4v) is 6.24. The molecule has 0 saturated carbocycles. The van der Waals surface area contributed by atoms with Crippen LogP contribution in [0.1, 0.15) is 32.0 Å². The molecule has 4 aromatic rings. The number of nitrogens with one attached hydrogen (secondary N) is 4. The van der Waals surface area contributed by atoms with Gasteiger partial charge in [-0.25, -0.2) is 17.2 Å². The summed E-state index contributed by atoms with van der Waals surface area (Å²) in [5, 5.41) is 12.6. The summed E-state index contributed by atoms with van der Waals surface area (Å²) < 4.78 is 55.1. The lowest BCUT2D eigenvalue weighted by molar-refractivity contribution is 0.102. The van der Waals surface area contributed by atoms with Gasteiger partial charge in [0.2, 0.25) is 10.0 Å². The van der Waals surface area contributed by atoms with Gasteiger partial charge in [0.05, 0.1) is 21.7 Å². The molecule has 5 rings (SSSR count). The lowest BCUT2D eigenvalue weighted by Gasteiger charge is -2.26. The second-order valence-corrected chi connectivity index (χ2v) is 12.6. The molecule has 2 aromatic carbocycles. The molecule has 12 nitrogen and oxygen atoms in total. The molecular weight excluding hydrogens is 594 g/mol.